The molecule has 140 valence electrons. The summed E-state index contributed by atoms with van der Waals surface area (Å²) in [6.07, 6.45) is 5.05. The molecule has 0 fully saturated rings. The molecule has 0 spiro atoms. The normalized spacial score (nSPS) is 13.1. The van der Waals surface area contributed by atoms with Crippen LogP contribution in [0.3, 0.4) is 0 Å². The Bertz CT molecular complexity index is 879. The van der Waals surface area contributed by atoms with E-state index in [9.17, 15) is 0 Å². The maximum atomic E-state index is 4.72. The van der Waals surface area contributed by atoms with E-state index in [0.29, 0.717) is 5.92 Å². The number of aryl methyl sites for hydroxylation is 2. The molecule has 6 nitrogen and oxygen atoms in total. The van der Waals surface area contributed by atoms with Gasteiger partial charge in [-0.3, -0.25) is 4.68 Å². The minimum absolute atomic E-state index is 0.223. The lowest BCUT2D eigenvalue weighted by Gasteiger charge is -2.24. The van der Waals surface area contributed by atoms with Crippen molar-refractivity contribution in [2.24, 2.45) is 13.0 Å². The molecule has 1 N–H and O–H groups in total. The molecule has 0 radical (unpaired) electrons. The number of hydrogen-bond donors (Lipinski definition) is 1. The van der Waals surface area contributed by atoms with Gasteiger partial charge in [-0.15, -0.1) is 11.3 Å². The van der Waals surface area contributed by atoms with Gasteiger partial charge in [0.1, 0.15) is 16.5 Å². The highest BCUT2D eigenvalue weighted by atomic mass is 32.1. The van der Waals surface area contributed by atoms with Gasteiger partial charge in [0.15, 0.2) is 0 Å². The molecule has 1 unspecified atom stereocenters. The molecule has 0 aromatic carbocycles. The van der Waals surface area contributed by atoms with Gasteiger partial charge < -0.3 is 10.2 Å². The third-order valence-electron chi connectivity index (χ3n) is 4.45. The van der Waals surface area contributed by atoms with Crippen molar-refractivity contribution in [2.45, 2.75) is 33.2 Å². The van der Waals surface area contributed by atoms with Gasteiger partial charge in [-0.1, -0.05) is 13.8 Å². The Morgan fingerprint density at radius 2 is 2.04 bits per heavy atom. The first-order valence-electron chi connectivity index (χ1n) is 8.98. The second kappa shape index (κ2) is 7.72. The number of thiophene rings is 1. The largest absolute Gasteiger partial charge is 0.367 e. The predicted molar refractivity (Wildman–Crippen MR) is 109 cm³/mol. The lowest BCUT2D eigenvalue weighted by molar-refractivity contribution is 0.311. The highest BCUT2D eigenvalue weighted by Gasteiger charge is 2.18. The molecular formula is C19H28N6S. The fraction of sp³-hybridized carbons (Fsp3) is 0.526. The highest BCUT2D eigenvalue weighted by Crippen LogP contribution is 2.32. The SMILES string of the molecule is Cc1nc(NCC(c2cnn(C)c2)N(C)C)c2c(CC(C)C)csc2n1. The number of fused-ring (bicyclic) bond motifs is 1. The van der Waals surface area contributed by atoms with Crippen LogP contribution in [0.25, 0.3) is 10.2 Å². The molecule has 7 heteroatoms. The van der Waals surface area contributed by atoms with E-state index < -0.39 is 0 Å². The van der Waals surface area contributed by atoms with Crippen LogP contribution in [0.5, 0.6) is 0 Å². The van der Waals surface area contributed by atoms with Gasteiger partial charge in [-0.2, -0.15) is 5.10 Å². The summed E-state index contributed by atoms with van der Waals surface area (Å²) < 4.78 is 1.85. The number of rotatable bonds is 7. The molecule has 3 rings (SSSR count). The molecule has 0 aliphatic rings. The number of likely N-dealkylation sites (N-methyl/N-ethyl adjacent to an activating group) is 1. The van der Waals surface area contributed by atoms with Crippen molar-refractivity contribution in [3.63, 3.8) is 0 Å². The molecule has 3 heterocycles. The summed E-state index contributed by atoms with van der Waals surface area (Å²) >= 11 is 1.71. The van der Waals surface area contributed by atoms with Gasteiger partial charge >= 0.3 is 0 Å². The van der Waals surface area contributed by atoms with Crippen LogP contribution in [-0.4, -0.2) is 45.3 Å². The van der Waals surface area contributed by atoms with Crippen LogP contribution in [0.1, 0.15) is 36.8 Å². The lowest BCUT2D eigenvalue weighted by atomic mass is 10.0. The minimum Gasteiger partial charge on any atom is -0.367 e. The highest BCUT2D eigenvalue weighted by molar-refractivity contribution is 7.17. The van der Waals surface area contributed by atoms with Crippen molar-refractivity contribution in [3.8, 4) is 0 Å². The van der Waals surface area contributed by atoms with E-state index in [1.54, 1.807) is 11.3 Å². The number of hydrogen-bond acceptors (Lipinski definition) is 6. The van der Waals surface area contributed by atoms with Crippen molar-refractivity contribution >= 4 is 27.4 Å². The quantitative estimate of drug-likeness (QED) is 0.686. The summed E-state index contributed by atoms with van der Waals surface area (Å²) in [6.45, 7) is 7.21. The standard InChI is InChI=1S/C19H28N6S/c1-12(2)7-14-11-26-19-17(14)18(22-13(3)23-19)20-9-16(24(4)5)15-8-21-25(6)10-15/h8,10-12,16H,7,9H2,1-6H3,(H,20,22,23). The van der Waals surface area contributed by atoms with Gasteiger partial charge in [-0.05, 0) is 44.3 Å². The molecule has 26 heavy (non-hydrogen) atoms. The molecule has 0 aliphatic heterocycles. The molecule has 3 aromatic rings. The predicted octanol–water partition coefficient (Wildman–Crippen LogP) is 3.65. The Kier molecular flexibility index (Phi) is 5.58. The molecule has 1 atom stereocenters. The van der Waals surface area contributed by atoms with Crippen molar-refractivity contribution in [2.75, 3.05) is 26.0 Å². The Balaban J connectivity index is 1.90. The van der Waals surface area contributed by atoms with E-state index in [2.05, 4.69) is 59.8 Å². The van der Waals surface area contributed by atoms with Crippen LogP contribution in [0.2, 0.25) is 0 Å². The van der Waals surface area contributed by atoms with E-state index in [1.807, 2.05) is 24.9 Å². The summed E-state index contributed by atoms with van der Waals surface area (Å²) in [5, 5.41) is 11.3. The smallest absolute Gasteiger partial charge is 0.138 e. The van der Waals surface area contributed by atoms with Crippen LogP contribution in [0.4, 0.5) is 5.82 Å². The van der Waals surface area contributed by atoms with Crippen molar-refractivity contribution in [3.05, 3.63) is 34.7 Å². The van der Waals surface area contributed by atoms with Crippen LogP contribution in [0.15, 0.2) is 17.8 Å². The monoisotopic (exact) mass is 372 g/mol. The maximum Gasteiger partial charge on any atom is 0.138 e. The summed E-state index contributed by atoms with van der Waals surface area (Å²) in [7, 11) is 6.13. The number of aromatic nitrogens is 4. The first-order chi connectivity index (χ1) is 12.3. The van der Waals surface area contributed by atoms with Crippen molar-refractivity contribution < 1.29 is 0 Å². The van der Waals surface area contributed by atoms with Gasteiger partial charge in [0.25, 0.3) is 0 Å². The Hall–Kier alpha value is -1.99. The molecule has 0 saturated carbocycles. The molecular weight excluding hydrogens is 344 g/mol. The first-order valence-corrected chi connectivity index (χ1v) is 9.86. The molecule has 3 aromatic heterocycles. The van der Waals surface area contributed by atoms with E-state index >= 15 is 0 Å². The van der Waals surface area contributed by atoms with Crippen molar-refractivity contribution in [1.29, 1.82) is 0 Å². The summed E-state index contributed by atoms with van der Waals surface area (Å²) in [5.41, 5.74) is 2.53. The summed E-state index contributed by atoms with van der Waals surface area (Å²) in [5.74, 6) is 2.35. The maximum absolute atomic E-state index is 4.72. The zero-order valence-electron chi connectivity index (χ0n) is 16.4. The molecule has 0 amide bonds. The number of nitrogens with one attached hydrogen (secondary N) is 1. The third kappa shape index (κ3) is 4.04. The Morgan fingerprint density at radius 1 is 1.27 bits per heavy atom. The summed E-state index contributed by atoms with van der Waals surface area (Å²) in [4.78, 5) is 12.6. The average molecular weight is 373 g/mol. The topological polar surface area (TPSA) is 58.9 Å². The number of anilines is 1. The number of nitrogens with zero attached hydrogens (tertiary/aromatic N) is 5. The lowest BCUT2D eigenvalue weighted by Crippen LogP contribution is -2.27. The molecule has 0 saturated heterocycles. The van der Waals surface area contributed by atoms with Crippen molar-refractivity contribution in [1.82, 2.24) is 24.6 Å². The van der Waals surface area contributed by atoms with Gasteiger partial charge in [-0.25, -0.2) is 9.97 Å². The van der Waals surface area contributed by atoms with Crippen LogP contribution >= 0.6 is 11.3 Å². The second-order valence-electron chi connectivity index (χ2n) is 7.47. The first kappa shape index (κ1) is 18.8. The van der Waals surface area contributed by atoms with Crippen LogP contribution in [0, 0.1) is 12.8 Å². The summed E-state index contributed by atoms with van der Waals surface area (Å²) in [6, 6.07) is 0.223. The third-order valence-corrected chi connectivity index (χ3v) is 5.37. The average Bonchev–Trinajstić information content (AvgIpc) is 3.13. The van der Waals surface area contributed by atoms with Gasteiger partial charge in [0.05, 0.1) is 17.6 Å². The Morgan fingerprint density at radius 3 is 2.65 bits per heavy atom. The second-order valence-corrected chi connectivity index (χ2v) is 8.32. The molecule has 0 bridgehead atoms. The van der Waals surface area contributed by atoms with E-state index in [0.717, 1.165) is 29.4 Å². The van der Waals surface area contributed by atoms with E-state index in [1.165, 1.54) is 16.5 Å². The van der Waals surface area contributed by atoms with E-state index in [4.69, 9.17) is 4.98 Å². The van der Waals surface area contributed by atoms with Gasteiger partial charge in [0.2, 0.25) is 0 Å². The van der Waals surface area contributed by atoms with Gasteiger partial charge in [0, 0.05) is 25.4 Å². The molecule has 0 aliphatic carbocycles. The zero-order chi connectivity index (χ0) is 18.8. The van der Waals surface area contributed by atoms with E-state index in [-0.39, 0.29) is 6.04 Å². The minimum atomic E-state index is 0.223. The zero-order valence-corrected chi connectivity index (χ0v) is 17.3. The fourth-order valence-electron chi connectivity index (χ4n) is 3.23. The van der Waals surface area contributed by atoms with Crippen LogP contribution < -0.4 is 5.32 Å². The van der Waals surface area contributed by atoms with Crippen LogP contribution in [-0.2, 0) is 13.5 Å². The fourth-order valence-corrected chi connectivity index (χ4v) is 4.23. The Labute approximate surface area is 159 Å².